The van der Waals surface area contributed by atoms with Gasteiger partial charge in [-0.15, -0.1) is 0 Å². The molecule has 1 aliphatic rings. The van der Waals surface area contributed by atoms with Gasteiger partial charge in [-0.1, -0.05) is 12.1 Å². The van der Waals surface area contributed by atoms with Crippen molar-refractivity contribution in [2.45, 2.75) is 24.8 Å². The Morgan fingerprint density at radius 2 is 2.35 bits per heavy atom. The molecule has 1 aromatic carbocycles. The summed E-state index contributed by atoms with van der Waals surface area (Å²) in [6.45, 7) is 1.58. The highest BCUT2D eigenvalue weighted by Crippen LogP contribution is 2.27. The zero-order valence-electron chi connectivity index (χ0n) is 9.73. The fraction of sp³-hybridized carbons (Fsp3) is 0.462. The van der Waals surface area contributed by atoms with E-state index in [0.29, 0.717) is 24.1 Å². The molecule has 0 aliphatic carbocycles. The van der Waals surface area contributed by atoms with E-state index in [1.165, 1.54) is 0 Å². The first-order valence-electron chi connectivity index (χ1n) is 5.97. The Morgan fingerprint density at radius 3 is 3.06 bits per heavy atom. The van der Waals surface area contributed by atoms with Crippen LogP contribution in [0.1, 0.15) is 34.7 Å². The van der Waals surface area contributed by atoms with Gasteiger partial charge in [0.1, 0.15) is 0 Å². The summed E-state index contributed by atoms with van der Waals surface area (Å²) in [7, 11) is 0. The lowest BCUT2D eigenvalue weighted by molar-refractivity contribution is 0.0696. The molecule has 4 heteroatoms. The monoisotopic (exact) mass is 234 g/mol. The molecule has 0 aromatic heterocycles. The Labute approximate surface area is 101 Å². The zero-order chi connectivity index (χ0) is 12.3. The molecule has 92 valence electrons. The molecule has 0 saturated carbocycles. The highest BCUT2D eigenvalue weighted by Gasteiger charge is 2.22. The van der Waals surface area contributed by atoms with Crippen molar-refractivity contribution in [3.8, 4) is 0 Å². The Balaban J connectivity index is 2.16. The Morgan fingerprint density at radius 1 is 1.53 bits per heavy atom. The number of piperidine rings is 1. The van der Waals surface area contributed by atoms with Gasteiger partial charge < -0.3 is 16.2 Å². The van der Waals surface area contributed by atoms with Crippen LogP contribution in [-0.4, -0.2) is 30.2 Å². The number of carboxylic acid groups (broad SMARTS) is 1. The van der Waals surface area contributed by atoms with Crippen LogP contribution in [0.3, 0.4) is 0 Å². The minimum Gasteiger partial charge on any atom is -0.478 e. The second kappa shape index (κ2) is 5.29. The van der Waals surface area contributed by atoms with E-state index in [2.05, 4.69) is 5.32 Å². The maximum atomic E-state index is 10.9. The van der Waals surface area contributed by atoms with Crippen molar-refractivity contribution in [1.29, 1.82) is 0 Å². The minimum absolute atomic E-state index is 0.349. The van der Waals surface area contributed by atoms with Crippen molar-refractivity contribution in [1.82, 2.24) is 5.32 Å². The molecule has 0 spiro atoms. The normalized spacial score (nSPS) is 24.5. The molecule has 1 fully saturated rings. The van der Waals surface area contributed by atoms with Gasteiger partial charge in [0.25, 0.3) is 0 Å². The summed E-state index contributed by atoms with van der Waals surface area (Å²) in [5.74, 6) is -0.444. The van der Waals surface area contributed by atoms with Gasteiger partial charge in [-0.05, 0) is 43.0 Å². The SMILES string of the molecule is NCC1CC(c2cccc(C(=O)O)c2)CCN1. The summed E-state index contributed by atoms with van der Waals surface area (Å²) in [5.41, 5.74) is 7.15. The first kappa shape index (κ1) is 12.1. The van der Waals surface area contributed by atoms with Gasteiger partial charge in [-0.3, -0.25) is 0 Å². The van der Waals surface area contributed by atoms with Crippen LogP contribution < -0.4 is 11.1 Å². The molecule has 2 unspecified atom stereocenters. The number of hydrogen-bond acceptors (Lipinski definition) is 3. The van der Waals surface area contributed by atoms with Crippen molar-refractivity contribution in [2.24, 2.45) is 5.73 Å². The van der Waals surface area contributed by atoms with Gasteiger partial charge in [0.05, 0.1) is 5.56 Å². The van der Waals surface area contributed by atoms with Crippen LogP contribution >= 0.6 is 0 Å². The largest absolute Gasteiger partial charge is 0.478 e. The van der Waals surface area contributed by atoms with E-state index < -0.39 is 5.97 Å². The quantitative estimate of drug-likeness (QED) is 0.734. The molecular formula is C13H18N2O2. The van der Waals surface area contributed by atoms with E-state index in [0.717, 1.165) is 24.9 Å². The van der Waals surface area contributed by atoms with Gasteiger partial charge in [0, 0.05) is 12.6 Å². The number of aromatic carboxylic acids is 1. The maximum Gasteiger partial charge on any atom is 0.335 e. The minimum atomic E-state index is -0.865. The van der Waals surface area contributed by atoms with Crippen LogP contribution in [0.15, 0.2) is 24.3 Å². The van der Waals surface area contributed by atoms with Crippen LogP contribution in [-0.2, 0) is 0 Å². The highest BCUT2D eigenvalue weighted by molar-refractivity contribution is 5.87. The van der Waals surface area contributed by atoms with Gasteiger partial charge in [0.2, 0.25) is 0 Å². The highest BCUT2D eigenvalue weighted by atomic mass is 16.4. The lowest BCUT2D eigenvalue weighted by Crippen LogP contribution is -2.42. The van der Waals surface area contributed by atoms with Gasteiger partial charge >= 0.3 is 5.97 Å². The van der Waals surface area contributed by atoms with Crippen LogP contribution in [0, 0.1) is 0 Å². The average Bonchev–Trinajstić information content (AvgIpc) is 2.39. The molecule has 1 saturated heterocycles. The molecule has 4 N–H and O–H groups in total. The summed E-state index contributed by atoms with van der Waals surface area (Å²) in [6, 6.07) is 7.59. The second-order valence-electron chi connectivity index (χ2n) is 4.54. The summed E-state index contributed by atoms with van der Waals surface area (Å²) >= 11 is 0. The van der Waals surface area contributed by atoms with Crippen molar-refractivity contribution in [3.05, 3.63) is 35.4 Å². The topological polar surface area (TPSA) is 75.4 Å². The Kier molecular flexibility index (Phi) is 3.76. The van der Waals surface area contributed by atoms with Crippen LogP contribution in [0.5, 0.6) is 0 Å². The second-order valence-corrected chi connectivity index (χ2v) is 4.54. The van der Waals surface area contributed by atoms with Crippen molar-refractivity contribution in [2.75, 3.05) is 13.1 Å². The zero-order valence-corrected chi connectivity index (χ0v) is 9.73. The fourth-order valence-electron chi connectivity index (χ4n) is 2.41. The van der Waals surface area contributed by atoms with Crippen LogP contribution in [0.25, 0.3) is 0 Å². The summed E-state index contributed by atoms with van der Waals surface area (Å²) in [6.07, 6.45) is 2.03. The average molecular weight is 234 g/mol. The predicted octanol–water partition coefficient (Wildman–Crippen LogP) is 1.18. The molecule has 1 heterocycles. The first-order chi connectivity index (χ1) is 8.20. The number of nitrogens with one attached hydrogen (secondary N) is 1. The van der Waals surface area contributed by atoms with E-state index in [9.17, 15) is 4.79 Å². The smallest absolute Gasteiger partial charge is 0.335 e. The van der Waals surface area contributed by atoms with Crippen molar-refractivity contribution >= 4 is 5.97 Å². The third-order valence-corrected chi connectivity index (χ3v) is 3.38. The standard InChI is InChI=1S/C13H18N2O2/c14-8-12-7-10(4-5-15-12)9-2-1-3-11(6-9)13(16)17/h1-3,6,10,12,15H,4-5,7-8,14H2,(H,16,17). The molecule has 0 amide bonds. The number of hydrogen-bond donors (Lipinski definition) is 3. The van der Waals surface area contributed by atoms with Gasteiger partial charge in [-0.25, -0.2) is 4.79 Å². The number of benzene rings is 1. The molecule has 0 bridgehead atoms. The number of nitrogens with two attached hydrogens (primary N) is 1. The predicted molar refractivity (Wildman–Crippen MR) is 66.2 cm³/mol. The summed E-state index contributed by atoms with van der Waals surface area (Å²) in [4.78, 5) is 10.9. The lowest BCUT2D eigenvalue weighted by atomic mass is 9.86. The Hall–Kier alpha value is -1.39. The Bertz CT molecular complexity index is 406. The van der Waals surface area contributed by atoms with E-state index in [-0.39, 0.29) is 0 Å². The fourth-order valence-corrected chi connectivity index (χ4v) is 2.41. The molecule has 2 rings (SSSR count). The van der Waals surface area contributed by atoms with Gasteiger partial charge in [-0.2, -0.15) is 0 Å². The molecule has 17 heavy (non-hydrogen) atoms. The molecule has 0 radical (unpaired) electrons. The molecule has 1 aliphatic heterocycles. The van der Waals surface area contributed by atoms with Crippen molar-refractivity contribution in [3.63, 3.8) is 0 Å². The third kappa shape index (κ3) is 2.84. The summed E-state index contributed by atoms with van der Waals surface area (Å²) in [5, 5.41) is 12.3. The first-order valence-corrected chi connectivity index (χ1v) is 5.97. The number of carboxylic acids is 1. The van der Waals surface area contributed by atoms with E-state index in [1.54, 1.807) is 12.1 Å². The molecular weight excluding hydrogens is 216 g/mol. The van der Waals surface area contributed by atoms with Crippen LogP contribution in [0.2, 0.25) is 0 Å². The van der Waals surface area contributed by atoms with Crippen molar-refractivity contribution < 1.29 is 9.90 Å². The van der Waals surface area contributed by atoms with Gasteiger partial charge in [0.15, 0.2) is 0 Å². The third-order valence-electron chi connectivity index (χ3n) is 3.38. The lowest BCUT2D eigenvalue weighted by Gasteiger charge is -2.30. The number of carbonyl (C=O) groups is 1. The number of rotatable bonds is 3. The van der Waals surface area contributed by atoms with E-state index >= 15 is 0 Å². The maximum absolute atomic E-state index is 10.9. The molecule has 1 aromatic rings. The molecule has 2 atom stereocenters. The van der Waals surface area contributed by atoms with E-state index in [1.807, 2.05) is 12.1 Å². The van der Waals surface area contributed by atoms with Crippen LogP contribution in [0.4, 0.5) is 0 Å². The van der Waals surface area contributed by atoms with E-state index in [4.69, 9.17) is 10.8 Å². The summed E-state index contributed by atoms with van der Waals surface area (Å²) < 4.78 is 0. The molecule has 4 nitrogen and oxygen atoms in total.